The molecule has 3 aromatic rings. The van der Waals surface area contributed by atoms with Gasteiger partial charge in [0.2, 0.25) is 5.91 Å². The van der Waals surface area contributed by atoms with E-state index in [2.05, 4.69) is 19.2 Å². The van der Waals surface area contributed by atoms with Crippen molar-refractivity contribution in [3.8, 4) is 0 Å². The molecule has 0 heterocycles. The van der Waals surface area contributed by atoms with Crippen molar-refractivity contribution in [2.75, 3.05) is 10.8 Å². The number of anilines is 1. The van der Waals surface area contributed by atoms with Gasteiger partial charge in [0.05, 0.1) is 16.6 Å². The normalized spacial score (nSPS) is 12.4. The lowest BCUT2D eigenvalue weighted by molar-refractivity contribution is -0.120. The van der Waals surface area contributed by atoms with Crippen LogP contribution in [0, 0.1) is 12.8 Å². The molecule has 5 nitrogen and oxygen atoms in total. The third kappa shape index (κ3) is 6.59. The fourth-order valence-corrected chi connectivity index (χ4v) is 5.11. The molecule has 0 unspecified atom stereocenters. The predicted octanol–water partition coefficient (Wildman–Crippen LogP) is 5.75. The summed E-state index contributed by atoms with van der Waals surface area (Å²) in [5.74, 6) is -0.0331. The zero-order valence-electron chi connectivity index (χ0n) is 19.0. The second kappa shape index (κ2) is 10.9. The monoisotopic (exact) mass is 484 g/mol. The lowest BCUT2D eigenvalue weighted by Gasteiger charge is -2.26. The van der Waals surface area contributed by atoms with Crippen molar-refractivity contribution in [1.82, 2.24) is 5.32 Å². The predicted molar refractivity (Wildman–Crippen MR) is 134 cm³/mol. The van der Waals surface area contributed by atoms with E-state index in [-0.39, 0.29) is 23.4 Å². The van der Waals surface area contributed by atoms with Gasteiger partial charge in [0, 0.05) is 5.02 Å². The Morgan fingerprint density at radius 2 is 1.55 bits per heavy atom. The van der Waals surface area contributed by atoms with Gasteiger partial charge >= 0.3 is 0 Å². The first-order valence-electron chi connectivity index (χ1n) is 10.9. The van der Waals surface area contributed by atoms with Gasteiger partial charge in [-0.1, -0.05) is 73.5 Å². The number of carbonyl (C=O) groups excluding carboxylic acids is 1. The summed E-state index contributed by atoms with van der Waals surface area (Å²) < 4.78 is 28.1. The molecule has 7 heteroatoms. The van der Waals surface area contributed by atoms with Crippen molar-refractivity contribution in [3.63, 3.8) is 0 Å². The molecule has 174 valence electrons. The van der Waals surface area contributed by atoms with Gasteiger partial charge in [0.25, 0.3) is 10.0 Å². The standard InChI is InChI=1S/C26H29ClN2O3S/c1-19(2)17-25(21-7-5-4-6-8-21)28-26(30)18-29(23-13-11-22(27)12-14-23)33(31,32)24-15-9-20(3)10-16-24/h4-16,19,25H,17-18H2,1-3H3,(H,28,30)/t25-/m1/s1. The summed E-state index contributed by atoms with van der Waals surface area (Å²) >= 11 is 6.01. The van der Waals surface area contributed by atoms with Crippen molar-refractivity contribution in [2.24, 2.45) is 5.92 Å². The maximum Gasteiger partial charge on any atom is 0.264 e. The molecule has 1 amide bonds. The van der Waals surface area contributed by atoms with Gasteiger partial charge < -0.3 is 5.32 Å². The second-order valence-electron chi connectivity index (χ2n) is 8.46. The van der Waals surface area contributed by atoms with E-state index in [0.717, 1.165) is 21.9 Å². The number of hydrogen-bond donors (Lipinski definition) is 1. The minimum atomic E-state index is -3.97. The highest BCUT2D eigenvalue weighted by Crippen LogP contribution is 2.26. The van der Waals surface area contributed by atoms with E-state index in [1.807, 2.05) is 37.3 Å². The summed E-state index contributed by atoms with van der Waals surface area (Å²) in [5, 5.41) is 3.52. The molecule has 1 N–H and O–H groups in total. The Morgan fingerprint density at radius 3 is 2.12 bits per heavy atom. The number of sulfonamides is 1. The number of benzene rings is 3. The van der Waals surface area contributed by atoms with Crippen LogP contribution in [-0.2, 0) is 14.8 Å². The fourth-order valence-electron chi connectivity index (χ4n) is 3.57. The van der Waals surface area contributed by atoms with Gasteiger partial charge in [-0.15, -0.1) is 0 Å². The van der Waals surface area contributed by atoms with Crippen molar-refractivity contribution in [1.29, 1.82) is 0 Å². The number of nitrogens with zero attached hydrogens (tertiary/aromatic N) is 1. The Balaban J connectivity index is 1.91. The van der Waals surface area contributed by atoms with E-state index in [9.17, 15) is 13.2 Å². The van der Waals surface area contributed by atoms with E-state index in [1.165, 1.54) is 0 Å². The van der Waals surface area contributed by atoms with E-state index in [0.29, 0.717) is 16.6 Å². The first-order chi connectivity index (χ1) is 15.7. The van der Waals surface area contributed by atoms with Crippen LogP contribution in [0.3, 0.4) is 0 Å². The van der Waals surface area contributed by atoms with E-state index in [4.69, 9.17) is 11.6 Å². The molecular formula is C26H29ClN2O3S. The molecule has 3 rings (SSSR count). The molecule has 0 bridgehead atoms. The highest BCUT2D eigenvalue weighted by molar-refractivity contribution is 7.92. The van der Waals surface area contributed by atoms with Gasteiger partial charge in [0.15, 0.2) is 0 Å². The summed E-state index contributed by atoms with van der Waals surface area (Å²) in [6.07, 6.45) is 0.738. The smallest absolute Gasteiger partial charge is 0.264 e. The van der Waals surface area contributed by atoms with E-state index in [1.54, 1.807) is 48.5 Å². The molecule has 0 fully saturated rings. The van der Waals surface area contributed by atoms with Gasteiger partial charge in [0.1, 0.15) is 6.54 Å². The Morgan fingerprint density at radius 1 is 0.939 bits per heavy atom. The first kappa shape index (κ1) is 24.8. The number of rotatable bonds is 9. The van der Waals surface area contributed by atoms with Crippen LogP contribution in [0.5, 0.6) is 0 Å². The van der Waals surface area contributed by atoms with Gasteiger partial charge in [-0.25, -0.2) is 8.42 Å². The lowest BCUT2D eigenvalue weighted by Crippen LogP contribution is -2.42. The average Bonchev–Trinajstić information content (AvgIpc) is 2.78. The van der Waals surface area contributed by atoms with Gasteiger partial charge in [-0.2, -0.15) is 0 Å². The molecule has 0 saturated heterocycles. The Kier molecular flexibility index (Phi) is 8.16. The van der Waals surface area contributed by atoms with Crippen LogP contribution in [-0.4, -0.2) is 20.9 Å². The molecule has 0 radical (unpaired) electrons. The van der Waals surface area contributed by atoms with Crippen LogP contribution in [0.25, 0.3) is 0 Å². The van der Waals surface area contributed by atoms with Gasteiger partial charge in [-0.05, 0) is 61.2 Å². The van der Waals surface area contributed by atoms with Crippen molar-refractivity contribution < 1.29 is 13.2 Å². The molecular weight excluding hydrogens is 456 g/mol. The van der Waals surface area contributed by atoms with Crippen molar-refractivity contribution in [3.05, 3.63) is 95.0 Å². The number of nitrogens with one attached hydrogen (secondary N) is 1. The number of halogens is 1. The summed E-state index contributed by atoms with van der Waals surface area (Å²) in [5.41, 5.74) is 2.30. The zero-order valence-corrected chi connectivity index (χ0v) is 20.6. The molecule has 0 aliphatic carbocycles. The van der Waals surface area contributed by atoms with E-state index < -0.39 is 10.0 Å². The second-order valence-corrected chi connectivity index (χ2v) is 10.8. The summed E-state index contributed by atoms with van der Waals surface area (Å²) in [4.78, 5) is 13.3. The highest BCUT2D eigenvalue weighted by atomic mass is 35.5. The topological polar surface area (TPSA) is 66.5 Å². The molecule has 0 spiro atoms. The van der Waals surface area contributed by atoms with Crippen LogP contribution < -0.4 is 9.62 Å². The van der Waals surface area contributed by atoms with Crippen LogP contribution >= 0.6 is 11.6 Å². The molecule has 1 atom stereocenters. The Bertz CT molecular complexity index is 1160. The molecule has 3 aromatic carbocycles. The van der Waals surface area contributed by atoms with Crippen molar-refractivity contribution in [2.45, 2.75) is 38.1 Å². The lowest BCUT2D eigenvalue weighted by atomic mass is 9.97. The Hall–Kier alpha value is -2.83. The molecule has 0 saturated carbocycles. The Labute approximate surface area is 201 Å². The minimum Gasteiger partial charge on any atom is -0.348 e. The summed E-state index contributed by atoms with van der Waals surface area (Å²) in [6.45, 7) is 5.71. The highest BCUT2D eigenvalue weighted by Gasteiger charge is 2.28. The first-order valence-corrected chi connectivity index (χ1v) is 12.7. The largest absolute Gasteiger partial charge is 0.348 e. The molecule has 33 heavy (non-hydrogen) atoms. The van der Waals surface area contributed by atoms with Crippen molar-refractivity contribution >= 4 is 33.2 Å². The molecule has 0 aromatic heterocycles. The number of aryl methyl sites for hydroxylation is 1. The van der Waals surface area contributed by atoms with Gasteiger partial charge in [-0.3, -0.25) is 9.10 Å². The summed E-state index contributed by atoms with van der Waals surface area (Å²) in [6, 6.07) is 22.5. The third-order valence-corrected chi connectivity index (χ3v) is 7.30. The molecule has 0 aliphatic heterocycles. The van der Waals surface area contributed by atoms with Crippen LogP contribution in [0.4, 0.5) is 5.69 Å². The number of hydrogen-bond acceptors (Lipinski definition) is 3. The number of amides is 1. The summed E-state index contributed by atoms with van der Waals surface area (Å²) in [7, 11) is -3.97. The molecule has 0 aliphatic rings. The van der Waals surface area contributed by atoms with E-state index >= 15 is 0 Å². The van der Waals surface area contributed by atoms with Crippen LogP contribution in [0.2, 0.25) is 5.02 Å². The zero-order chi connectivity index (χ0) is 24.0. The minimum absolute atomic E-state index is 0.123. The number of carbonyl (C=O) groups is 1. The van der Waals surface area contributed by atoms with Crippen LogP contribution in [0.15, 0.2) is 83.8 Å². The van der Waals surface area contributed by atoms with Crippen LogP contribution in [0.1, 0.15) is 37.4 Å². The fraction of sp³-hybridized carbons (Fsp3) is 0.269. The SMILES string of the molecule is Cc1ccc(S(=O)(=O)N(CC(=O)N[C@H](CC(C)C)c2ccccc2)c2ccc(Cl)cc2)cc1. The average molecular weight is 485 g/mol. The third-order valence-electron chi connectivity index (χ3n) is 5.26. The quantitative estimate of drug-likeness (QED) is 0.420. The maximum absolute atomic E-state index is 13.5. The maximum atomic E-state index is 13.5.